The highest BCUT2D eigenvalue weighted by Gasteiger charge is 2.17. The molecule has 0 aliphatic carbocycles. The van der Waals surface area contributed by atoms with Gasteiger partial charge < -0.3 is 24.3 Å². The number of nitrogens with one attached hydrogen (secondary N) is 1. The van der Waals surface area contributed by atoms with Crippen LogP contribution in [-0.2, 0) is 27.3 Å². The Morgan fingerprint density at radius 3 is 2.53 bits per heavy atom. The summed E-state index contributed by atoms with van der Waals surface area (Å²) < 4.78 is 21.6. The van der Waals surface area contributed by atoms with Crippen molar-refractivity contribution in [2.75, 3.05) is 34.0 Å². The van der Waals surface area contributed by atoms with Gasteiger partial charge >= 0.3 is 0 Å². The second kappa shape index (κ2) is 12.8. The van der Waals surface area contributed by atoms with Crippen LogP contribution in [0.15, 0.2) is 42.5 Å². The second-order valence-corrected chi connectivity index (χ2v) is 6.82. The third-order valence-electron chi connectivity index (χ3n) is 4.28. The summed E-state index contributed by atoms with van der Waals surface area (Å²) in [4.78, 5) is 12.3. The molecule has 0 saturated carbocycles. The minimum atomic E-state index is -0.689. The largest absolute Gasteiger partial charge is 0.493 e. The Balaban J connectivity index is 1.77. The van der Waals surface area contributed by atoms with Crippen molar-refractivity contribution in [1.82, 2.24) is 5.32 Å². The van der Waals surface area contributed by atoms with E-state index < -0.39 is 6.10 Å². The third-order valence-corrected chi connectivity index (χ3v) is 4.53. The smallest absolute Gasteiger partial charge is 0.251 e. The number of hydrogen-bond acceptors (Lipinski definition) is 5. The van der Waals surface area contributed by atoms with Gasteiger partial charge in [-0.05, 0) is 41.8 Å². The Bertz CT molecular complexity index is 848. The Labute approximate surface area is 182 Å². The predicted molar refractivity (Wildman–Crippen MR) is 116 cm³/mol. The molecular formula is C23H26ClNO5. The number of carbonyl (C=O) groups excluding carboxylic acids is 1. The van der Waals surface area contributed by atoms with E-state index in [-0.39, 0.29) is 19.1 Å². The summed E-state index contributed by atoms with van der Waals surface area (Å²) in [5.74, 6) is 3.37. The highest BCUT2D eigenvalue weighted by molar-refractivity contribution is 6.30. The van der Waals surface area contributed by atoms with E-state index in [9.17, 15) is 4.79 Å². The first-order valence-corrected chi connectivity index (χ1v) is 9.81. The van der Waals surface area contributed by atoms with E-state index in [1.807, 2.05) is 24.3 Å². The van der Waals surface area contributed by atoms with Gasteiger partial charge in [-0.3, -0.25) is 4.79 Å². The maximum atomic E-state index is 12.3. The lowest BCUT2D eigenvalue weighted by Gasteiger charge is -2.16. The molecule has 7 heteroatoms. The average Bonchev–Trinajstić information content (AvgIpc) is 2.76. The fourth-order valence-corrected chi connectivity index (χ4v) is 2.79. The van der Waals surface area contributed by atoms with Crippen molar-refractivity contribution < 1.29 is 23.7 Å². The molecule has 160 valence electrons. The molecule has 2 aromatic carbocycles. The van der Waals surface area contributed by atoms with Gasteiger partial charge in [-0.1, -0.05) is 35.7 Å². The maximum Gasteiger partial charge on any atom is 0.251 e. The van der Waals surface area contributed by atoms with Crippen LogP contribution >= 0.6 is 11.6 Å². The molecule has 2 rings (SSSR count). The van der Waals surface area contributed by atoms with Crippen LogP contribution in [0.25, 0.3) is 0 Å². The summed E-state index contributed by atoms with van der Waals surface area (Å²) in [6.07, 6.45) is 5.15. The van der Waals surface area contributed by atoms with Crippen molar-refractivity contribution >= 4 is 17.5 Å². The van der Waals surface area contributed by atoms with Crippen LogP contribution in [0.4, 0.5) is 0 Å². The number of hydrogen-bond donors (Lipinski definition) is 1. The fraction of sp³-hybridized carbons (Fsp3) is 0.348. The molecule has 1 amide bonds. The summed E-state index contributed by atoms with van der Waals surface area (Å²) in [5.41, 5.74) is 1.96. The molecule has 6 nitrogen and oxygen atoms in total. The summed E-state index contributed by atoms with van der Waals surface area (Å²) in [6.45, 7) is 1.14. The first-order chi connectivity index (χ1) is 14.6. The van der Waals surface area contributed by atoms with Gasteiger partial charge in [0.2, 0.25) is 0 Å². The van der Waals surface area contributed by atoms with Crippen molar-refractivity contribution in [2.24, 2.45) is 0 Å². The summed E-state index contributed by atoms with van der Waals surface area (Å²) in [6, 6.07) is 12.9. The summed E-state index contributed by atoms with van der Waals surface area (Å²) in [5, 5.41) is 3.53. The van der Waals surface area contributed by atoms with E-state index in [1.54, 1.807) is 25.3 Å². The molecule has 1 atom stereocenters. The van der Waals surface area contributed by atoms with Crippen molar-refractivity contribution in [3.63, 3.8) is 0 Å². The number of methoxy groups -OCH3 is 2. The van der Waals surface area contributed by atoms with E-state index in [0.29, 0.717) is 36.1 Å². The predicted octanol–water partition coefficient (Wildman–Crippen LogP) is 3.25. The van der Waals surface area contributed by atoms with Gasteiger partial charge in [0.05, 0.1) is 20.3 Å². The van der Waals surface area contributed by atoms with Gasteiger partial charge in [-0.2, -0.15) is 0 Å². The van der Waals surface area contributed by atoms with E-state index in [0.717, 1.165) is 11.1 Å². The third kappa shape index (κ3) is 7.60. The highest BCUT2D eigenvalue weighted by Crippen LogP contribution is 2.28. The number of ether oxygens (including phenoxy) is 4. The molecule has 0 heterocycles. The Kier molecular flexibility index (Phi) is 10.0. The van der Waals surface area contributed by atoms with Crippen molar-refractivity contribution in [3.05, 3.63) is 58.6 Å². The maximum absolute atomic E-state index is 12.3. The SMILES string of the molecule is C#CCOc1ccc(CCNC(=O)[C@@H](COCc2ccc(Cl)cc2)OC)cc1OC. The number of terminal acetylenes is 1. The molecule has 2 aromatic rings. The zero-order valence-electron chi connectivity index (χ0n) is 17.2. The lowest BCUT2D eigenvalue weighted by Crippen LogP contribution is -2.39. The van der Waals surface area contributed by atoms with Gasteiger partial charge in [-0.15, -0.1) is 6.42 Å². The highest BCUT2D eigenvalue weighted by atomic mass is 35.5. The van der Waals surface area contributed by atoms with Crippen LogP contribution in [0.3, 0.4) is 0 Å². The normalized spacial score (nSPS) is 11.4. The number of carbonyl (C=O) groups is 1. The van der Waals surface area contributed by atoms with Crippen molar-refractivity contribution in [1.29, 1.82) is 0 Å². The minimum Gasteiger partial charge on any atom is -0.493 e. The molecule has 0 aromatic heterocycles. The summed E-state index contributed by atoms with van der Waals surface area (Å²) >= 11 is 5.86. The van der Waals surface area contributed by atoms with Gasteiger partial charge in [0, 0.05) is 18.7 Å². The number of amides is 1. The fourth-order valence-electron chi connectivity index (χ4n) is 2.67. The lowest BCUT2D eigenvalue weighted by atomic mass is 10.1. The van der Waals surface area contributed by atoms with Gasteiger partial charge in [0.15, 0.2) is 17.6 Å². The molecule has 30 heavy (non-hydrogen) atoms. The van der Waals surface area contributed by atoms with E-state index in [4.69, 9.17) is 37.0 Å². The first-order valence-electron chi connectivity index (χ1n) is 9.43. The molecule has 0 aliphatic heterocycles. The molecule has 0 bridgehead atoms. The van der Waals surface area contributed by atoms with Gasteiger partial charge in [0.1, 0.15) is 6.61 Å². The van der Waals surface area contributed by atoms with Gasteiger partial charge in [0.25, 0.3) is 5.91 Å². The van der Waals surface area contributed by atoms with Crippen molar-refractivity contribution in [3.8, 4) is 23.8 Å². The molecule has 1 N–H and O–H groups in total. The Morgan fingerprint density at radius 2 is 1.87 bits per heavy atom. The lowest BCUT2D eigenvalue weighted by molar-refractivity contribution is -0.135. The van der Waals surface area contributed by atoms with Crippen LogP contribution in [0.1, 0.15) is 11.1 Å². The van der Waals surface area contributed by atoms with Crippen molar-refractivity contribution in [2.45, 2.75) is 19.1 Å². The molecule has 0 unspecified atom stereocenters. The molecule has 0 saturated heterocycles. The Morgan fingerprint density at radius 1 is 1.13 bits per heavy atom. The second-order valence-electron chi connectivity index (χ2n) is 6.38. The zero-order chi connectivity index (χ0) is 21.8. The molecule has 0 spiro atoms. The monoisotopic (exact) mass is 431 g/mol. The first kappa shape index (κ1) is 23.6. The molecular weight excluding hydrogens is 406 g/mol. The Hall–Kier alpha value is -2.72. The molecule has 0 aliphatic rings. The topological polar surface area (TPSA) is 66.0 Å². The average molecular weight is 432 g/mol. The standard InChI is InChI=1S/C23H26ClNO5/c1-4-13-30-20-10-7-17(14-21(20)27-2)11-12-25-23(26)22(28-3)16-29-15-18-5-8-19(24)9-6-18/h1,5-10,14,22H,11-13,15-16H2,2-3H3,(H,25,26)/t22-/m1/s1. The van der Waals surface area contributed by atoms with Crippen LogP contribution in [0, 0.1) is 12.3 Å². The van der Waals surface area contributed by atoms with E-state index in [2.05, 4.69) is 11.2 Å². The van der Waals surface area contributed by atoms with Crippen LogP contribution in [0.5, 0.6) is 11.5 Å². The van der Waals surface area contributed by atoms with E-state index >= 15 is 0 Å². The van der Waals surface area contributed by atoms with Crippen LogP contribution < -0.4 is 14.8 Å². The van der Waals surface area contributed by atoms with Gasteiger partial charge in [-0.25, -0.2) is 0 Å². The number of benzene rings is 2. The van der Waals surface area contributed by atoms with Crippen LogP contribution in [-0.4, -0.2) is 46.0 Å². The zero-order valence-corrected chi connectivity index (χ0v) is 17.9. The molecule has 0 radical (unpaired) electrons. The number of halogens is 1. The van der Waals surface area contributed by atoms with Crippen LogP contribution in [0.2, 0.25) is 5.02 Å². The molecule has 0 fully saturated rings. The summed E-state index contributed by atoms with van der Waals surface area (Å²) in [7, 11) is 3.05. The quantitative estimate of drug-likeness (QED) is 0.522. The van der Waals surface area contributed by atoms with E-state index in [1.165, 1.54) is 7.11 Å². The minimum absolute atomic E-state index is 0.153. The number of rotatable bonds is 12.